The fourth-order valence-electron chi connectivity index (χ4n) is 0.921. The van der Waals surface area contributed by atoms with Gasteiger partial charge in [-0.15, -0.1) is 0 Å². The number of nitrogens with zero attached hydrogens (tertiary/aromatic N) is 2. The van der Waals surface area contributed by atoms with Crippen LogP contribution in [0.5, 0.6) is 0 Å². The summed E-state index contributed by atoms with van der Waals surface area (Å²) < 4.78 is 1.76. The molecule has 1 aromatic heterocycles. The molecule has 0 aromatic carbocycles. The van der Waals surface area contributed by atoms with E-state index in [9.17, 15) is 4.79 Å². The average molecular weight is 164 g/mol. The molecular formula is C9H12N2O. The van der Waals surface area contributed by atoms with Crippen LogP contribution in [-0.4, -0.2) is 15.3 Å². The summed E-state index contributed by atoms with van der Waals surface area (Å²) in [5.41, 5.74) is 1.38. The molecule has 1 rings (SSSR count). The van der Waals surface area contributed by atoms with Gasteiger partial charge in [0.15, 0.2) is 5.78 Å². The minimum Gasteiger partial charge on any atom is -0.340 e. The number of carbonyl (C=O) groups excluding carboxylic acids is 1. The van der Waals surface area contributed by atoms with Gasteiger partial charge in [-0.2, -0.15) is 0 Å². The summed E-state index contributed by atoms with van der Waals surface area (Å²) in [7, 11) is 1.84. The number of allylic oxidation sites excluding steroid dienone is 1. The number of hydrogen-bond donors (Lipinski definition) is 0. The highest BCUT2D eigenvalue weighted by Gasteiger charge is 2.07. The second-order valence-electron chi connectivity index (χ2n) is 2.98. The quantitative estimate of drug-likeness (QED) is 0.502. The molecule has 0 unspecified atom stereocenters. The molecule has 64 valence electrons. The lowest BCUT2D eigenvalue weighted by atomic mass is 10.1. The van der Waals surface area contributed by atoms with Gasteiger partial charge in [-0.3, -0.25) is 4.79 Å². The average Bonchev–Trinajstić information content (AvgIpc) is 2.34. The second-order valence-corrected chi connectivity index (χ2v) is 2.98. The highest BCUT2D eigenvalue weighted by atomic mass is 16.1. The van der Waals surface area contributed by atoms with Crippen molar-refractivity contribution < 1.29 is 4.79 Å². The number of hydrogen-bond acceptors (Lipinski definition) is 2. The Hall–Kier alpha value is -1.38. The molecule has 0 aliphatic carbocycles. The molecule has 0 radical (unpaired) electrons. The van der Waals surface area contributed by atoms with Gasteiger partial charge in [-0.25, -0.2) is 4.98 Å². The van der Waals surface area contributed by atoms with Crippen LogP contribution in [-0.2, 0) is 7.05 Å². The van der Waals surface area contributed by atoms with Crippen molar-refractivity contribution in [3.05, 3.63) is 30.4 Å². The number of aryl methyl sites for hydroxylation is 1. The second kappa shape index (κ2) is 3.34. The molecule has 0 spiro atoms. The van der Waals surface area contributed by atoms with E-state index in [0.717, 1.165) is 5.57 Å². The van der Waals surface area contributed by atoms with E-state index in [1.54, 1.807) is 17.1 Å². The van der Waals surface area contributed by atoms with E-state index in [-0.39, 0.29) is 5.78 Å². The molecule has 12 heavy (non-hydrogen) atoms. The lowest BCUT2D eigenvalue weighted by molar-refractivity contribution is 0.0989. The maximum atomic E-state index is 11.3. The topological polar surface area (TPSA) is 34.9 Å². The normalized spacial score (nSPS) is 9.83. The van der Waals surface area contributed by atoms with E-state index in [0.29, 0.717) is 12.1 Å². The third kappa shape index (κ3) is 2.05. The van der Waals surface area contributed by atoms with Crippen LogP contribution in [0.2, 0.25) is 0 Å². The Labute approximate surface area is 71.7 Å². The Morgan fingerprint density at radius 1 is 1.75 bits per heavy atom. The van der Waals surface area contributed by atoms with Gasteiger partial charge in [0.05, 0.1) is 6.33 Å². The van der Waals surface area contributed by atoms with Gasteiger partial charge < -0.3 is 4.57 Å². The molecule has 0 aliphatic heterocycles. The molecule has 1 heterocycles. The molecule has 3 heteroatoms. The van der Waals surface area contributed by atoms with E-state index >= 15 is 0 Å². The van der Waals surface area contributed by atoms with Crippen LogP contribution in [0.15, 0.2) is 24.7 Å². The van der Waals surface area contributed by atoms with E-state index in [1.807, 2.05) is 14.0 Å². The van der Waals surface area contributed by atoms with Crippen molar-refractivity contribution >= 4 is 5.78 Å². The summed E-state index contributed by atoms with van der Waals surface area (Å²) in [4.78, 5) is 15.3. The van der Waals surface area contributed by atoms with Crippen molar-refractivity contribution in [1.29, 1.82) is 0 Å². The molecule has 0 saturated carbocycles. The van der Waals surface area contributed by atoms with Crippen molar-refractivity contribution in [2.24, 2.45) is 7.05 Å². The number of aromatic nitrogens is 2. The molecule has 0 atom stereocenters. The van der Waals surface area contributed by atoms with Gasteiger partial charge >= 0.3 is 0 Å². The van der Waals surface area contributed by atoms with Gasteiger partial charge in [0.1, 0.15) is 5.69 Å². The highest BCUT2D eigenvalue weighted by molar-refractivity contribution is 5.95. The van der Waals surface area contributed by atoms with E-state index in [4.69, 9.17) is 0 Å². The Bertz CT molecular complexity index is 312. The fourth-order valence-corrected chi connectivity index (χ4v) is 0.921. The van der Waals surface area contributed by atoms with Crippen molar-refractivity contribution in [2.75, 3.05) is 0 Å². The van der Waals surface area contributed by atoms with Crippen LogP contribution in [0.1, 0.15) is 23.8 Å². The monoisotopic (exact) mass is 164 g/mol. The summed E-state index contributed by atoms with van der Waals surface area (Å²) in [5.74, 6) is 0.0306. The zero-order valence-corrected chi connectivity index (χ0v) is 7.37. The Kier molecular flexibility index (Phi) is 2.43. The zero-order valence-electron chi connectivity index (χ0n) is 7.37. The van der Waals surface area contributed by atoms with Gasteiger partial charge in [-0.05, 0) is 6.92 Å². The molecule has 0 fully saturated rings. The smallest absolute Gasteiger partial charge is 0.186 e. The van der Waals surface area contributed by atoms with Crippen LogP contribution in [0.4, 0.5) is 0 Å². The first-order valence-corrected chi connectivity index (χ1v) is 3.75. The van der Waals surface area contributed by atoms with E-state index < -0.39 is 0 Å². The SMILES string of the molecule is C=C(C)CC(=O)c1cn(C)cn1. The third-order valence-electron chi connectivity index (χ3n) is 1.45. The first kappa shape index (κ1) is 8.71. The minimum absolute atomic E-state index is 0.0306. The predicted molar refractivity (Wildman–Crippen MR) is 47.0 cm³/mol. The number of ketones is 1. The van der Waals surface area contributed by atoms with Crippen molar-refractivity contribution in [3.8, 4) is 0 Å². The Morgan fingerprint density at radius 3 is 2.83 bits per heavy atom. The fraction of sp³-hybridized carbons (Fsp3) is 0.333. The van der Waals surface area contributed by atoms with Crippen molar-refractivity contribution in [1.82, 2.24) is 9.55 Å². The molecule has 3 nitrogen and oxygen atoms in total. The van der Waals surface area contributed by atoms with Gasteiger partial charge in [-0.1, -0.05) is 12.2 Å². The third-order valence-corrected chi connectivity index (χ3v) is 1.45. The zero-order chi connectivity index (χ0) is 9.14. The van der Waals surface area contributed by atoms with Crippen molar-refractivity contribution in [2.45, 2.75) is 13.3 Å². The summed E-state index contributed by atoms with van der Waals surface area (Å²) in [6.07, 6.45) is 3.72. The van der Waals surface area contributed by atoms with E-state index in [2.05, 4.69) is 11.6 Å². The van der Waals surface area contributed by atoms with Crippen LogP contribution < -0.4 is 0 Å². The molecular weight excluding hydrogens is 152 g/mol. The van der Waals surface area contributed by atoms with Crippen LogP contribution in [0, 0.1) is 0 Å². The molecule has 1 aromatic rings. The number of imidazole rings is 1. The van der Waals surface area contributed by atoms with Gasteiger partial charge in [0.25, 0.3) is 0 Å². The molecule has 0 amide bonds. The molecule has 0 N–H and O–H groups in total. The van der Waals surface area contributed by atoms with Crippen LogP contribution in [0.3, 0.4) is 0 Å². The number of rotatable bonds is 3. The van der Waals surface area contributed by atoms with Crippen LogP contribution >= 0.6 is 0 Å². The summed E-state index contributed by atoms with van der Waals surface area (Å²) in [5, 5.41) is 0. The van der Waals surface area contributed by atoms with E-state index in [1.165, 1.54) is 0 Å². The van der Waals surface area contributed by atoms with Crippen LogP contribution in [0.25, 0.3) is 0 Å². The predicted octanol–water partition coefficient (Wildman–Crippen LogP) is 1.57. The molecule has 0 aliphatic rings. The summed E-state index contributed by atoms with van der Waals surface area (Å²) in [6.45, 7) is 5.51. The Morgan fingerprint density at radius 2 is 2.42 bits per heavy atom. The molecule has 0 bridgehead atoms. The van der Waals surface area contributed by atoms with Gasteiger partial charge in [0.2, 0.25) is 0 Å². The standard InChI is InChI=1S/C9H12N2O/c1-7(2)4-9(12)8-5-11(3)6-10-8/h5-6H,1,4H2,2-3H3. The molecule has 0 saturated heterocycles. The number of carbonyl (C=O) groups is 1. The van der Waals surface area contributed by atoms with Gasteiger partial charge in [0, 0.05) is 19.7 Å². The lowest BCUT2D eigenvalue weighted by Crippen LogP contribution is -1.99. The highest BCUT2D eigenvalue weighted by Crippen LogP contribution is 2.04. The summed E-state index contributed by atoms with van der Waals surface area (Å²) >= 11 is 0. The summed E-state index contributed by atoms with van der Waals surface area (Å²) in [6, 6.07) is 0. The maximum Gasteiger partial charge on any atom is 0.186 e. The lowest BCUT2D eigenvalue weighted by Gasteiger charge is -1.94. The largest absolute Gasteiger partial charge is 0.340 e. The Balaban J connectivity index is 2.72. The van der Waals surface area contributed by atoms with Crippen molar-refractivity contribution in [3.63, 3.8) is 0 Å². The maximum absolute atomic E-state index is 11.3. The first-order chi connectivity index (χ1) is 5.59. The number of Topliss-reactive ketones (excluding diaryl/α,β-unsaturated/α-hetero) is 1. The first-order valence-electron chi connectivity index (χ1n) is 3.75. The minimum atomic E-state index is 0.0306.